The fraction of sp³-hybridized carbons (Fsp3) is 0.312. The molecule has 0 unspecified atom stereocenters. The minimum atomic E-state index is 0.0560. The Morgan fingerprint density at radius 1 is 1.15 bits per heavy atom. The quantitative estimate of drug-likeness (QED) is 0.892. The van der Waals surface area contributed by atoms with Crippen LogP contribution in [0.2, 0.25) is 0 Å². The Kier molecular flexibility index (Phi) is 4.78. The SMILES string of the molecule is CC(C)(C)NCc1cnccc1Oc1ccccc1Br. The number of hydrogen-bond acceptors (Lipinski definition) is 3. The smallest absolute Gasteiger partial charge is 0.141 e. The lowest BCUT2D eigenvalue weighted by Crippen LogP contribution is -2.35. The molecular formula is C16H19BrN2O. The molecule has 0 saturated carbocycles. The van der Waals surface area contributed by atoms with E-state index >= 15 is 0 Å². The van der Waals surface area contributed by atoms with Crippen LogP contribution in [-0.2, 0) is 6.54 Å². The zero-order chi connectivity index (χ0) is 14.6. The molecule has 0 saturated heterocycles. The van der Waals surface area contributed by atoms with E-state index in [1.807, 2.05) is 36.5 Å². The first kappa shape index (κ1) is 15.0. The van der Waals surface area contributed by atoms with E-state index < -0.39 is 0 Å². The number of aromatic nitrogens is 1. The summed E-state index contributed by atoms with van der Waals surface area (Å²) in [6.07, 6.45) is 3.58. The molecule has 0 aliphatic heterocycles. The zero-order valence-corrected chi connectivity index (χ0v) is 13.6. The minimum Gasteiger partial charge on any atom is -0.456 e. The highest BCUT2D eigenvalue weighted by Crippen LogP contribution is 2.30. The van der Waals surface area contributed by atoms with Gasteiger partial charge in [0.05, 0.1) is 4.47 Å². The van der Waals surface area contributed by atoms with Gasteiger partial charge in [-0.1, -0.05) is 12.1 Å². The monoisotopic (exact) mass is 334 g/mol. The van der Waals surface area contributed by atoms with Crippen molar-refractivity contribution in [2.45, 2.75) is 32.9 Å². The van der Waals surface area contributed by atoms with Crippen LogP contribution in [0.25, 0.3) is 0 Å². The maximum atomic E-state index is 5.98. The molecule has 0 radical (unpaired) electrons. The number of nitrogens with one attached hydrogen (secondary N) is 1. The van der Waals surface area contributed by atoms with E-state index in [-0.39, 0.29) is 5.54 Å². The molecule has 0 bridgehead atoms. The van der Waals surface area contributed by atoms with Gasteiger partial charge in [0.25, 0.3) is 0 Å². The topological polar surface area (TPSA) is 34.2 Å². The summed E-state index contributed by atoms with van der Waals surface area (Å²) in [6.45, 7) is 7.13. The highest BCUT2D eigenvalue weighted by Gasteiger charge is 2.12. The summed E-state index contributed by atoms with van der Waals surface area (Å²) in [7, 11) is 0. The third-order valence-electron chi connectivity index (χ3n) is 2.72. The fourth-order valence-corrected chi connectivity index (χ4v) is 2.02. The number of rotatable bonds is 4. The Hall–Kier alpha value is -1.39. The Balaban J connectivity index is 2.18. The first-order chi connectivity index (χ1) is 9.46. The van der Waals surface area contributed by atoms with Crippen molar-refractivity contribution in [2.24, 2.45) is 0 Å². The van der Waals surface area contributed by atoms with Crippen molar-refractivity contribution >= 4 is 15.9 Å². The second kappa shape index (κ2) is 6.37. The van der Waals surface area contributed by atoms with Crippen molar-refractivity contribution in [3.8, 4) is 11.5 Å². The summed E-state index contributed by atoms with van der Waals surface area (Å²) in [6, 6.07) is 9.70. The van der Waals surface area contributed by atoms with E-state index in [1.54, 1.807) is 6.20 Å². The van der Waals surface area contributed by atoms with Gasteiger partial charge in [-0.2, -0.15) is 0 Å². The second-order valence-electron chi connectivity index (χ2n) is 5.62. The van der Waals surface area contributed by atoms with E-state index in [1.165, 1.54) is 0 Å². The van der Waals surface area contributed by atoms with Gasteiger partial charge in [0.2, 0.25) is 0 Å². The summed E-state index contributed by atoms with van der Waals surface area (Å²) in [5, 5.41) is 3.45. The second-order valence-corrected chi connectivity index (χ2v) is 6.47. The molecule has 2 aromatic rings. The molecule has 0 amide bonds. The van der Waals surface area contributed by atoms with Gasteiger partial charge in [-0.3, -0.25) is 4.98 Å². The molecule has 0 spiro atoms. The number of pyridine rings is 1. The van der Waals surface area contributed by atoms with Crippen molar-refractivity contribution in [3.05, 3.63) is 52.8 Å². The third-order valence-corrected chi connectivity index (χ3v) is 3.38. The van der Waals surface area contributed by atoms with Gasteiger partial charge in [0, 0.05) is 30.0 Å². The van der Waals surface area contributed by atoms with Crippen LogP contribution in [-0.4, -0.2) is 10.5 Å². The Morgan fingerprint density at radius 3 is 2.60 bits per heavy atom. The summed E-state index contributed by atoms with van der Waals surface area (Å²) >= 11 is 3.49. The summed E-state index contributed by atoms with van der Waals surface area (Å²) in [5.41, 5.74) is 1.10. The third kappa shape index (κ3) is 4.32. The molecule has 1 aromatic carbocycles. The van der Waals surface area contributed by atoms with E-state index in [0.717, 1.165) is 28.1 Å². The normalized spacial score (nSPS) is 11.4. The van der Waals surface area contributed by atoms with Gasteiger partial charge in [-0.25, -0.2) is 0 Å². The van der Waals surface area contributed by atoms with Crippen LogP contribution in [0, 0.1) is 0 Å². The lowest BCUT2D eigenvalue weighted by atomic mass is 10.1. The Bertz CT molecular complexity index is 579. The summed E-state index contributed by atoms with van der Waals surface area (Å²) in [5.74, 6) is 1.62. The van der Waals surface area contributed by atoms with Crippen LogP contribution in [0.1, 0.15) is 26.3 Å². The maximum absolute atomic E-state index is 5.98. The van der Waals surface area contributed by atoms with E-state index in [0.29, 0.717) is 0 Å². The van der Waals surface area contributed by atoms with Crippen molar-refractivity contribution in [3.63, 3.8) is 0 Å². The van der Waals surface area contributed by atoms with E-state index in [4.69, 9.17) is 4.74 Å². The minimum absolute atomic E-state index is 0.0560. The number of benzene rings is 1. The molecule has 0 fully saturated rings. The lowest BCUT2D eigenvalue weighted by Gasteiger charge is -2.21. The van der Waals surface area contributed by atoms with Crippen LogP contribution in [0.5, 0.6) is 11.5 Å². The van der Waals surface area contributed by atoms with Crippen molar-refractivity contribution in [1.29, 1.82) is 0 Å². The van der Waals surface area contributed by atoms with Gasteiger partial charge in [0.1, 0.15) is 11.5 Å². The molecule has 0 aliphatic carbocycles. The molecule has 3 nitrogen and oxygen atoms in total. The molecule has 4 heteroatoms. The average molecular weight is 335 g/mol. The highest BCUT2D eigenvalue weighted by molar-refractivity contribution is 9.10. The molecule has 1 N–H and O–H groups in total. The Morgan fingerprint density at radius 2 is 1.90 bits per heavy atom. The van der Waals surface area contributed by atoms with Crippen LogP contribution < -0.4 is 10.1 Å². The number of nitrogens with zero attached hydrogens (tertiary/aromatic N) is 1. The Labute approximate surface area is 128 Å². The first-order valence-electron chi connectivity index (χ1n) is 6.56. The van der Waals surface area contributed by atoms with Crippen LogP contribution in [0.3, 0.4) is 0 Å². The van der Waals surface area contributed by atoms with E-state index in [9.17, 15) is 0 Å². The van der Waals surface area contributed by atoms with Crippen molar-refractivity contribution in [2.75, 3.05) is 0 Å². The molecule has 1 heterocycles. The highest BCUT2D eigenvalue weighted by atomic mass is 79.9. The molecule has 0 aliphatic rings. The summed E-state index contributed by atoms with van der Waals surface area (Å²) < 4.78 is 6.92. The molecule has 2 rings (SSSR count). The molecule has 1 aromatic heterocycles. The summed E-state index contributed by atoms with van der Waals surface area (Å²) in [4.78, 5) is 4.18. The molecular weight excluding hydrogens is 316 g/mol. The predicted octanol–water partition coefficient (Wildman–Crippen LogP) is 4.52. The average Bonchev–Trinajstić information content (AvgIpc) is 2.39. The van der Waals surface area contributed by atoms with Gasteiger partial charge >= 0.3 is 0 Å². The molecule has 106 valence electrons. The van der Waals surface area contributed by atoms with Crippen LogP contribution in [0.15, 0.2) is 47.2 Å². The number of halogens is 1. The predicted molar refractivity (Wildman–Crippen MR) is 85.0 cm³/mol. The molecule has 0 atom stereocenters. The van der Waals surface area contributed by atoms with Crippen LogP contribution in [0.4, 0.5) is 0 Å². The van der Waals surface area contributed by atoms with Gasteiger partial charge in [0.15, 0.2) is 0 Å². The largest absolute Gasteiger partial charge is 0.456 e. The van der Waals surface area contributed by atoms with Gasteiger partial charge in [-0.05, 0) is 54.9 Å². The van der Waals surface area contributed by atoms with Crippen LogP contribution >= 0.6 is 15.9 Å². The molecule has 20 heavy (non-hydrogen) atoms. The number of hydrogen-bond donors (Lipinski definition) is 1. The van der Waals surface area contributed by atoms with Crippen molar-refractivity contribution in [1.82, 2.24) is 10.3 Å². The first-order valence-corrected chi connectivity index (χ1v) is 7.35. The van der Waals surface area contributed by atoms with Crippen molar-refractivity contribution < 1.29 is 4.74 Å². The maximum Gasteiger partial charge on any atom is 0.141 e. The number of ether oxygens (including phenoxy) is 1. The van der Waals surface area contributed by atoms with Gasteiger partial charge < -0.3 is 10.1 Å². The number of para-hydroxylation sites is 1. The van der Waals surface area contributed by atoms with Gasteiger partial charge in [-0.15, -0.1) is 0 Å². The standard InChI is InChI=1S/C16H19BrN2O/c1-16(2,3)19-11-12-10-18-9-8-14(12)20-15-7-5-4-6-13(15)17/h4-10,19H,11H2,1-3H3. The lowest BCUT2D eigenvalue weighted by molar-refractivity contribution is 0.413. The van der Waals surface area contributed by atoms with E-state index in [2.05, 4.69) is 47.0 Å². The fourth-order valence-electron chi connectivity index (χ4n) is 1.65. The zero-order valence-electron chi connectivity index (χ0n) is 12.0.